The minimum Gasteiger partial charge on any atom is -0.492 e. The van der Waals surface area contributed by atoms with Crippen molar-refractivity contribution in [3.8, 4) is 5.75 Å². The predicted molar refractivity (Wildman–Crippen MR) is 101 cm³/mol. The molecule has 0 aliphatic rings. The van der Waals surface area contributed by atoms with Gasteiger partial charge in [-0.1, -0.05) is 30.3 Å². The number of carbonyl (C=O) groups is 2. The van der Waals surface area contributed by atoms with Crippen LogP contribution in [0.2, 0.25) is 0 Å². The van der Waals surface area contributed by atoms with Gasteiger partial charge < -0.3 is 14.8 Å². The number of anilines is 1. The van der Waals surface area contributed by atoms with E-state index >= 15 is 0 Å². The lowest BCUT2D eigenvalue weighted by atomic mass is 10.1. The van der Waals surface area contributed by atoms with E-state index in [4.69, 9.17) is 4.74 Å². The monoisotopic (exact) mass is 349 g/mol. The highest BCUT2D eigenvalue weighted by molar-refractivity contribution is 6.40. The van der Waals surface area contributed by atoms with E-state index in [-0.39, 0.29) is 0 Å². The summed E-state index contributed by atoms with van der Waals surface area (Å²) < 4.78 is 10.2. The van der Waals surface area contributed by atoms with Gasteiger partial charge in [0, 0.05) is 17.8 Å². The van der Waals surface area contributed by atoms with Gasteiger partial charge in [-0.2, -0.15) is 0 Å². The third-order valence-electron chi connectivity index (χ3n) is 3.94. The number of benzene rings is 3. The molecular weight excluding hydrogens is 330 g/mol. The summed E-state index contributed by atoms with van der Waals surface area (Å²) in [5.41, 5.74) is 1.14. The SMILES string of the molecule is COC(=O)C(=O)c1ccc(NCCOc2ccc3ccccc3c2)cc1. The second-order valence-corrected chi connectivity index (χ2v) is 5.68. The maximum atomic E-state index is 11.7. The molecule has 0 atom stereocenters. The second kappa shape index (κ2) is 8.16. The van der Waals surface area contributed by atoms with Crippen molar-refractivity contribution in [1.29, 1.82) is 0 Å². The second-order valence-electron chi connectivity index (χ2n) is 5.68. The smallest absolute Gasteiger partial charge is 0.379 e. The highest BCUT2D eigenvalue weighted by Gasteiger charge is 2.15. The van der Waals surface area contributed by atoms with Crippen molar-refractivity contribution < 1.29 is 19.1 Å². The van der Waals surface area contributed by atoms with Gasteiger partial charge in [0.25, 0.3) is 5.78 Å². The van der Waals surface area contributed by atoms with Gasteiger partial charge in [0.1, 0.15) is 12.4 Å². The Morgan fingerprint density at radius 1 is 0.923 bits per heavy atom. The van der Waals surface area contributed by atoms with Crippen molar-refractivity contribution in [2.45, 2.75) is 0 Å². The van der Waals surface area contributed by atoms with E-state index in [0.29, 0.717) is 18.7 Å². The number of fused-ring (bicyclic) bond motifs is 1. The quantitative estimate of drug-likeness (QED) is 0.305. The largest absolute Gasteiger partial charge is 0.492 e. The Morgan fingerprint density at radius 3 is 2.38 bits per heavy atom. The van der Waals surface area contributed by atoms with Crippen LogP contribution in [-0.4, -0.2) is 32.0 Å². The number of nitrogens with one attached hydrogen (secondary N) is 1. The first-order chi connectivity index (χ1) is 12.7. The average molecular weight is 349 g/mol. The molecule has 0 unspecified atom stereocenters. The molecule has 0 saturated heterocycles. The number of methoxy groups -OCH3 is 1. The van der Waals surface area contributed by atoms with Crippen molar-refractivity contribution in [1.82, 2.24) is 0 Å². The van der Waals surface area contributed by atoms with Crippen LogP contribution in [0.4, 0.5) is 5.69 Å². The summed E-state index contributed by atoms with van der Waals surface area (Å²) in [5, 5.41) is 5.53. The van der Waals surface area contributed by atoms with Crippen molar-refractivity contribution >= 4 is 28.2 Å². The van der Waals surface area contributed by atoms with Gasteiger partial charge in [0.15, 0.2) is 0 Å². The molecule has 26 heavy (non-hydrogen) atoms. The fourth-order valence-corrected chi connectivity index (χ4v) is 2.57. The minimum atomic E-state index is -0.866. The van der Waals surface area contributed by atoms with Crippen LogP contribution in [0.1, 0.15) is 10.4 Å². The lowest BCUT2D eigenvalue weighted by molar-refractivity contribution is -0.135. The lowest BCUT2D eigenvalue weighted by Crippen LogP contribution is -2.15. The Hall–Kier alpha value is -3.34. The summed E-state index contributed by atoms with van der Waals surface area (Å²) >= 11 is 0. The zero-order valence-corrected chi connectivity index (χ0v) is 14.4. The minimum absolute atomic E-state index is 0.301. The molecule has 0 aliphatic carbocycles. The van der Waals surface area contributed by atoms with Gasteiger partial charge in [0.05, 0.1) is 7.11 Å². The third kappa shape index (κ3) is 4.19. The highest BCUT2D eigenvalue weighted by atomic mass is 16.5. The molecule has 3 rings (SSSR count). The Labute approximate surface area is 151 Å². The molecule has 5 nitrogen and oxygen atoms in total. The van der Waals surface area contributed by atoms with E-state index in [0.717, 1.165) is 16.8 Å². The van der Waals surface area contributed by atoms with Crippen molar-refractivity contribution in [2.24, 2.45) is 0 Å². The first-order valence-electron chi connectivity index (χ1n) is 8.25. The first-order valence-corrected chi connectivity index (χ1v) is 8.25. The van der Waals surface area contributed by atoms with Gasteiger partial charge in [-0.05, 0) is 47.2 Å². The van der Waals surface area contributed by atoms with Crippen molar-refractivity contribution in [2.75, 3.05) is 25.6 Å². The molecule has 0 saturated carbocycles. The summed E-state index contributed by atoms with van der Waals surface area (Å²) in [7, 11) is 1.19. The molecular formula is C21H19NO4. The highest BCUT2D eigenvalue weighted by Crippen LogP contribution is 2.20. The zero-order valence-electron chi connectivity index (χ0n) is 14.4. The molecule has 0 spiro atoms. The molecule has 0 fully saturated rings. The Bertz CT molecular complexity index is 919. The third-order valence-corrected chi connectivity index (χ3v) is 3.94. The number of Topliss-reactive ketones (excluding diaryl/α,β-unsaturated/α-hetero) is 1. The van der Waals surface area contributed by atoms with Crippen LogP contribution in [0.15, 0.2) is 66.7 Å². The Morgan fingerprint density at radius 2 is 1.65 bits per heavy atom. The van der Waals surface area contributed by atoms with Gasteiger partial charge in [-0.3, -0.25) is 4.79 Å². The van der Waals surface area contributed by atoms with Crippen molar-refractivity contribution in [3.05, 3.63) is 72.3 Å². The molecule has 0 amide bonds. The maximum Gasteiger partial charge on any atom is 0.379 e. The number of hydrogen-bond donors (Lipinski definition) is 1. The van der Waals surface area contributed by atoms with Gasteiger partial charge in [0.2, 0.25) is 0 Å². The lowest BCUT2D eigenvalue weighted by Gasteiger charge is -2.10. The number of ether oxygens (including phenoxy) is 2. The van der Waals surface area contributed by atoms with Crippen LogP contribution >= 0.6 is 0 Å². The molecule has 0 radical (unpaired) electrons. The molecule has 0 bridgehead atoms. The van der Waals surface area contributed by atoms with Crippen LogP contribution in [0.5, 0.6) is 5.75 Å². The molecule has 1 N–H and O–H groups in total. The Kier molecular flexibility index (Phi) is 5.49. The van der Waals surface area contributed by atoms with Crippen LogP contribution < -0.4 is 10.1 Å². The number of esters is 1. The molecule has 0 aromatic heterocycles. The molecule has 0 heterocycles. The molecule has 0 aliphatic heterocycles. The summed E-state index contributed by atoms with van der Waals surface area (Å²) in [5.74, 6) is -0.697. The number of ketones is 1. The summed E-state index contributed by atoms with van der Waals surface area (Å²) in [4.78, 5) is 22.9. The molecule has 3 aromatic rings. The predicted octanol–water partition coefficient (Wildman–Crippen LogP) is 3.69. The number of carbonyl (C=O) groups excluding carboxylic acids is 2. The number of hydrogen-bond acceptors (Lipinski definition) is 5. The summed E-state index contributed by atoms with van der Waals surface area (Å²) in [6.07, 6.45) is 0. The molecule has 132 valence electrons. The topological polar surface area (TPSA) is 64.6 Å². The fourth-order valence-electron chi connectivity index (χ4n) is 2.57. The van der Waals surface area contributed by atoms with E-state index in [1.165, 1.54) is 12.5 Å². The van der Waals surface area contributed by atoms with Crippen LogP contribution in [-0.2, 0) is 9.53 Å². The average Bonchev–Trinajstić information content (AvgIpc) is 2.70. The van der Waals surface area contributed by atoms with Crippen LogP contribution in [0.3, 0.4) is 0 Å². The van der Waals surface area contributed by atoms with Gasteiger partial charge in [-0.25, -0.2) is 4.79 Å². The van der Waals surface area contributed by atoms with E-state index < -0.39 is 11.8 Å². The summed E-state index contributed by atoms with van der Waals surface area (Å²) in [6.45, 7) is 1.11. The summed E-state index contributed by atoms with van der Waals surface area (Å²) in [6, 6.07) is 20.8. The van der Waals surface area contributed by atoms with E-state index in [1.807, 2.05) is 30.3 Å². The van der Waals surface area contributed by atoms with Gasteiger partial charge >= 0.3 is 5.97 Å². The number of rotatable bonds is 7. The van der Waals surface area contributed by atoms with Crippen LogP contribution in [0, 0.1) is 0 Å². The molecule has 3 aromatic carbocycles. The van der Waals surface area contributed by atoms with Crippen molar-refractivity contribution in [3.63, 3.8) is 0 Å². The standard InChI is InChI=1S/C21H19NO4/c1-25-21(24)20(23)16-6-9-18(10-7-16)22-12-13-26-19-11-8-15-4-2-3-5-17(15)14-19/h2-11,14,22H,12-13H2,1H3. The first kappa shape index (κ1) is 17.5. The normalized spacial score (nSPS) is 10.3. The zero-order chi connectivity index (χ0) is 18.4. The van der Waals surface area contributed by atoms with E-state index in [2.05, 4.69) is 22.2 Å². The molecule has 5 heteroatoms. The maximum absolute atomic E-state index is 11.7. The van der Waals surface area contributed by atoms with Crippen LogP contribution in [0.25, 0.3) is 10.8 Å². The fraction of sp³-hybridized carbons (Fsp3) is 0.143. The van der Waals surface area contributed by atoms with E-state index in [9.17, 15) is 9.59 Å². The van der Waals surface area contributed by atoms with Gasteiger partial charge in [-0.15, -0.1) is 0 Å². The van der Waals surface area contributed by atoms with E-state index in [1.54, 1.807) is 24.3 Å². The Balaban J connectivity index is 1.50.